The fraction of sp³-hybridized carbons (Fsp3) is 0.325. The highest BCUT2D eigenvalue weighted by Crippen LogP contribution is 2.48. The second-order valence-corrected chi connectivity index (χ2v) is 17.4. The Labute approximate surface area is 330 Å². The molecular weight excluding hydrogens is 935 g/mol. The van der Waals surface area contributed by atoms with E-state index in [1.165, 1.54) is 67.7 Å². The smallest absolute Gasteiger partial charge is 0.209 e. The molecule has 0 atom stereocenters. The average molecular weight is 980 g/mol. The number of benzene rings is 3. The number of allylic oxidation sites excluding steroid dienone is 7. The minimum absolute atomic E-state index is 0. The third-order valence-electron chi connectivity index (χ3n) is 9.92. The van der Waals surface area contributed by atoms with Crippen molar-refractivity contribution in [2.45, 2.75) is 62.7 Å². The van der Waals surface area contributed by atoms with Gasteiger partial charge in [-0.05, 0) is 156 Å². The van der Waals surface area contributed by atoms with Crippen molar-refractivity contribution in [1.82, 2.24) is 0 Å². The van der Waals surface area contributed by atoms with Gasteiger partial charge in [-0.25, -0.2) is 0 Å². The zero-order chi connectivity index (χ0) is 33.0. The summed E-state index contributed by atoms with van der Waals surface area (Å²) in [6.07, 6.45) is 13.0. The van der Waals surface area contributed by atoms with E-state index < -0.39 is 0 Å². The number of halogens is 3. The molecule has 1 aliphatic carbocycles. The van der Waals surface area contributed by atoms with Crippen LogP contribution in [-0.2, 0) is 10.8 Å². The topological polar surface area (TPSA) is 9.49 Å². The molecule has 2 aliphatic heterocycles. The number of hydrogen-bond donors (Lipinski definition) is 0. The van der Waals surface area contributed by atoms with Crippen molar-refractivity contribution >= 4 is 79.7 Å². The van der Waals surface area contributed by atoms with Crippen molar-refractivity contribution in [1.29, 1.82) is 0 Å². The van der Waals surface area contributed by atoms with E-state index >= 15 is 0 Å². The number of rotatable bonds is 6. The van der Waals surface area contributed by atoms with Crippen molar-refractivity contribution in [3.05, 3.63) is 125 Å². The molecule has 0 amide bonds. The van der Waals surface area contributed by atoms with Crippen LogP contribution in [0.1, 0.15) is 58.1 Å². The van der Waals surface area contributed by atoms with E-state index in [0.29, 0.717) is 0 Å². The molecule has 0 saturated heterocycles. The van der Waals surface area contributed by atoms with Crippen LogP contribution in [0.3, 0.4) is 0 Å². The van der Waals surface area contributed by atoms with Gasteiger partial charge in [0.2, 0.25) is 5.69 Å². The van der Waals surface area contributed by atoms with Crippen LogP contribution in [0.5, 0.6) is 0 Å². The average Bonchev–Trinajstić information content (AvgIpc) is 3.32. The Bertz CT molecular complexity index is 1860. The van der Waals surface area contributed by atoms with Crippen molar-refractivity contribution < 1.29 is 28.6 Å². The summed E-state index contributed by atoms with van der Waals surface area (Å²) in [7, 11) is 8.63. The maximum Gasteiger partial charge on any atom is 0.209 e. The standard InChI is InChI=1S/C40H44I2N3S.HI/c1-39(2)32-24-28(41)14-20-34(32)44(7)36(39)22-12-26-10-9-11-27(38(26)46-31-18-16-30(17-19-31)43(5)6)13-23-37-40(3,4)33-25-29(42)15-21-35(33)45(37)8;/h12-25H,9-11H2,1-8H3;1H/q+1;/p-1. The number of anilines is 2. The lowest BCUT2D eigenvalue weighted by Crippen LogP contribution is -3.00. The molecule has 47 heavy (non-hydrogen) atoms. The molecule has 0 radical (unpaired) electrons. The van der Waals surface area contributed by atoms with Gasteiger partial charge in [0.1, 0.15) is 7.05 Å². The first-order valence-electron chi connectivity index (χ1n) is 16.0. The highest BCUT2D eigenvalue weighted by atomic mass is 127. The number of likely N-dealkylation sites (N-methyl/N-ethyl adjacent to an activating group) is 1. The van der Waals surface area contributed by atoms with Gasteiger partial charge in [-0.3, -0.25) is 0 Å². The first-order valence-corrected chi connectivity index (χ1v) is 19.0. The van der Waals surface area contributed by atoms with Crippen molar-refractivity contribution in [3.63, 3.8) is 0 Å². The highest BCUT2D eigenvalue weighted by Gasteiger charge is 2.43. The van der Waals surface area contributed by atoms with E-state index in [-0.39, 0.29) is 34.8 Å². The minimum atomic E-state index is -0.0547. The lowest BCUT2D eigenvalue weighted by Gasteiger charge is -2.25. The number of hydrogen-bond acceptors (Lipinski definition) is 3. The Morgan fingerprint density at radius 2 is 1.49 bits per heavy atom. The molecule has 0 bridgehead atoms. The minimum Gasteiger partial charge on any atom is -1.00 e. The van der Waals surface area contributed by atoms with Crippen LogP contribution in [0.15, 0.2) is 112 Å². The summed E-state index contributed by atoms with van der Waals surface area (Å²) in [6, 6.07) is 22.7. The number of fused-ring (bicyclic) bond motifs is 2. The van der Waals surface area contributed by atoms with Crippen LogP contribution >= 0.6 is 56.9 Å². The predicted octanol–water partition coefficient (Wildman–Crippen LogP) is 8.00. The Hall–Kier alpha value is -1.57. The maximum atomic E-state index is 2.43. The van der Waals surface area contributed by atoms with Crippen LogP contribution in [0, 0.1) is 7.14 Å². The summed E-state index contributed by atoms with van der Waals surface area (Å²) in [4.78, 5) is 7.22. The zero-order valence-electron chi connectivity index (χ0n) is 28.6. The molecule has 3 aliphatic rings. The lowest BCUT2D eigenvalue weighted by atomic mass is 9.81. The largest absolute Gasteiger partial charge is 1.00 e. The molecule has 0 saturated carbocycles. The summed E-state index contributed by atoms with van der Waals surface area (Å²) >= 11 is 6.79. The molecular formula is C40H44I3N3S. The Morgan fingerprint density at radius 3 is 2.17 bits per heavy atom. The fourth-order valence-corrected chi connectivity index (χ4v) is 9.35. The molecule has 0 spiro atoms. The SMILES string of the molecule is CN(C)c1ccc(SC2=C(/C=C/C3=[N+](C)c4ccc(I)cc4C3(C)C)CCC/C2=C\C=C2/N(C)c3ccc(I)cc3C2(C)C)cc1.[I-]. The Morgan fingerprint density at radius 1 is 0.830 bits per heavy atom. The van der Waals surface area contributed by atoms with Gasteiger partial charge in [0.25, 0.3) is 0 Å². The highest BCUT2D eigenvalue weighted by molar-refractivity contribution is 14.1. The van der Waals surface area contributed by atoms with Crippen LogP contribution < -0.4 is 33.8 Å². The third kappa shape index (κ3) is 7.06. The van der Waals surface area contributed by atoms with Gasteiger partial charge in [-0.2, -0.15) is 4.58 Å². The van der Waals surface area contributed by atoms with Crippen LogP contribution in [-0.4, -0.2) is 38.5 Å². The molecule has 0 unspecified atom stereocenters. The molecule has 3 aromatic carbocycles. The summed E-state index contributed by atoms with van der Waals surface area (Å²) in [6.45, 7) is 9.44. The van der Waals surface area contributed by atoms with Crippen LogP contribution in [0.4, 0.5) is 17.1 Å². The normalized spacial score (nSPS) is 19.9. The van der Waals surface area contributed by atoms with Crippen LogP contribution in [0.2, 0.25) is 0 Å². The van der Waals surface area contributed by atoms with E-state index in [0.717, 1.165) is 19.3 Å². The third-order valence-corrected chi connectivity index (χ3v) is 12.5. The molecule has 7 heteroatoms. The molecule has 3 nitrogen and oxygen atoms in total. The van der Waals surface area contributed by atoms with Gasteiger partial charge in [0, 0.05) is 78.3 Å². The van der Waals surface area contributed by atoms with Crippen LogP contribution in [0.25, 0.3) is 0 Å². The molecule has 2 heterocycles. The summed E-state index contributed by atoms with van der Waals surface area (Å²) in [5.41, 5.74) is 12.1. The number of nitrogens with zero attached hydrogens (tertiary/aromatic N) is 3. The first kappa shape index (κ1) is 36.7. The van der Waals surface area contributed by atoms with Gasteiger partial charge in [0.05, 0.1) is 5.41 Å². The Balaban J connectivity index is 0.00000433. The van der Waals surface area contributed by atoms with E-state index in [1.54, 1.807) is 0 Å². The van der Waals surface area contributed by atoms with Gasteiger partial charge < -0.3 is 33.8 Å². The van der Waals surface area contributed by atoms with Crippen molar-refractivity contribution in [3.8, 4) is 0 Å². The van der Waals surface area contributed by atoms with Gasteiger partial charge in [-0.15, -0.1) is 0 Å². The van der Waals surface area contributed by atoms with E-state index in [2.05, 4.69) is 200 Å². The summed E-state index contributed by atoms with van der Waals surface area (Å²) in [5, 5.41) is 0. The predicted molar refractivity (Wildman–Crippen MR) is 216 cm³/mol. The Kier molecular flexibility index (Phi) is 11.2. The van der Waals surface area contributed by atoms with E-state index in [1.807, 2.05) is 11.8 Å². The second-order valence-electron chi connectivity index (χ2n) is 13.9. The molecule has 0 aromatic heterocycles. The number of thioether (sulfide) groups is 1. The maximum absolute atomic E-state index is 2.43. The van der Waals surface area contributed by atoms with E-state index in [9.17, 15) is 0 Å². The molecule has 246 valence electrons. The molecule has 0 N–H and O–H groups in total. The van der Waals surface area contributed by atoms with Gasteiger partial charge >= 0.3 is 0 Å². The molecule has 0 fully saturated rings. The molecule has 3 aromatic rings. The van der Waals surface area contributed by atoms with Crippen molar-refractivity contribution in [2.24, 2.45) is 0 Å². The fourth-order valence-electron chi connectivity index (χ4n) is 7.26. The molecule has 6 rings (SSSR count). The zero-order valence-corrected chi connectivity index (χ0v) is 35.9. The van der Waals surface area contributed by atoms with Crippen molar-refractivity contribution in [2.75, 3.05) is 38.0 Å². The van der Waals surface area contributed by atoms with E-state index in [4.69, 9.17) is 0 Å². The van der Waals surface area contributed by atoms with Gasteiger partial charge in [-0.1, -0.05) is 37.8 Å². The first-order chi connectivity index (χ1) is 21.8. The quantitative estimate of drug-likeness (QED) is 0.183. The van der Waals surface area contributed by atoms with Gasteiger partial charge in [0.15, 0.2) is 5.71 Å². The summed E-state index contributed by atoms with van der Waals surface area (Å²) < 4.78 is 4.96. The lowest BCUT2D eigenvalue weighted by molar-refractivity contribution is -0.401. The monoisotopic (exact) mass is 979 g/mol. The second kappa shape index (κ2) is 14.3. The summed E-state index contributed by atoms with van der Waals surface area (Å²) in [5.74, 6) is 0.